The summed E-state index contributed by atoms with van der Waals surface area (Å²) in [6.07, 6.45) is 0. The zero-order valence-electron chi connectivity index (χ0n) is 15.3. The molecule has 0 heterocycles. The summed E-state index contributed by atoms with van der Waals surface area (Å²) < 4.78 is 40.3. The zero-order valence-corrected chi connectivity index (χ0v) is 16.8. The van der Waals surface area contributed by atoms with E-state index in [2.05, 4.69) is 5.32 Å². The van der Waals surface area contributed by atoms with Crippen molar-refractivity contribution in [2.75, 3.05) is 10.8 Å². The van der Waals surface area contributed by atoms with Crippen molar-refractivity contribution in [1.82, 2.24) is 5.32 Å². The van der Waals surface area contributed by atoms with Crippen LogP contribution in [0.15, 0.2) is 83.8 Å². The van der Waals surface area contributed by atoms with Crippen LogP contribution in [0.1, 0.15) is 5.56 Å². The minimum atomic E-state index is -3.97. The van der Waals surface area contributed by atoms with Gasteiger partial charge >= 0.3 is 0 Å². The number of carbonyl (C=O) groups excluding carboxylic acids is 1. The summed E-state index contributed by atoms with van der Waals surface area (Å²) in [5.41, 5.74) is 1.01. The number of nitrogens with zero attached hydrogens (tertiary/aromatic N) is 1. The molecule has 150 valence electrons. The molecule has 0 saturated carbocycles. The molecule has 0 atom stereocenters. The van der Waals surface area contributed by atoms with Crippen LogP contribution >= 0.6 is 11.6 Å². The van der Waals surface area contributed by atoms with Gasteiger partial charge < -0.3 is 5.32 Å². The Kier molecular flexibility index (Phi) is 6.51. The van der Waals surface area contributed by atoms with E-state index in [1.54, 1.807) is 42.5 Å². The predicted octanol–water partition coefficient (Wildman–Crippen LogP) is 3.99. The van der Waals surface area contributed by atoms with E-state index < -0.39 is 22.5 Å². The summed E-state index contributed by atoms with van der Waals surface area (Å²) in [7, 11) is -3.97. The van der Waals surface area contributed by atoms with Crippen LogP contribution in [0.3, 0.4) is 0 Å². The topological polar surface area (TPSA) is 66.5 Å². The van der Waals surface area contributed by atoms with E-state index in [-0.39, 0.29) is 17.3 Å². The van der Waals surface area contributed by atoms with Crippen LogP contribution in [-0.4, -0.2) is 20.9 Å². The summed E-state index contributed by atoms with van der Waals surface area (Å²) in [5.74, 6) is -0.869. The zero-order chi connectivity index (χ0) is 20.9. The van der Waals surface area contributed by atoms with Gasteiger partial charge in [-0.05, 0) is 54.1 Å². The van der Waals surface area contributed by atoms with Gasteiger partial charge in [-0.1, -0.05) is 41.9 Å². The Balaban J connectivity index is 1.82. The maximum absolute atomic E-state index is 13.1. The van der Waals surface area contributed by atoms with E-state index in [1.165, 1.54) is 36.4 Å². The van der Waals surface area contributed by atoms with Gasteiger partial charge in [0.05, 0.1) is 10.6 Å². The van der Waals surface area contributed by atoms with Crippen LogP contribution in [0.4, 0.5) is 10.1 Å². The lowest BCUT2D eigenvalue weighted by Gasteiger charge is -2.24. The van der Waals surface area contributed by atoms with E-state index in [0.717, 1.165) is 4.31 Å². The summed E-state index contributed by atoms with van der Waals surface area (Å²) in [6.45, 7) is -0.265. The number of anilines is 1. The van der Waals surface area contributed by atoms with Crippen molar-refractivity contribution in [3.8, 4) is 0 Å². The van der Waals surface area contributed by atoms with Crippen LogP contribution in [0.2, 0.25) is 5.02 Å². The molecule has 0 aromatic heterocycles. The quantitative estimate of drug-likeness (QED) is 0.613. The molecule has 0 saturated heterocycles. The molecule has 29 heavy (non-hydrogen) atoms. The number of carbonyl (C=O) groups is 1. The van der Waals surface area contributed by atoms with Gasteiger partial charge in [-0.25, -0.2) is 12.8 Å². The summed E-state index contributed by atoms with van der Waals surface area (Å²) >= 11 is 5.91. The fourth-order valence-electron chi connectivity index (χ4n) is 2.63. The monoisotopic (exact) mass is 432 g/mol. The van der Waals surface area contributed by atoms with Gasteiger partial charge in [0.2, 0.25) is 5.91 Å². The summed E-state index contributed by atoms with van der Waals surface area (Å²) in [4.78, 5) is 12.6. The van der Waals surface area contributed by atoms with Crippen molar-refractivity contribution in [2.24, 2.45) is 0 Å². The van der Waals surface area contributed by atoms with Gasteiger partial charge in [-0.3, -0.25) is 9.10 Å². The van der Waals surface area contributed by atoms with Gasteiger partial charge in [0.15, 0.2) is 0 Å². The first-order chi connectivity index (χ1) is 13.9. The third-order valence-electron chi connectivity index (χ3n) is 4.14. The SMILES string of the molecule is O=C(CN(c1ccc(Cl)cc1)S(=O)(=O)c1ccccc1)NCc1ccc(F)cc1. The smallest absolute Gasteiger partial charge is 0.264 e. The van der Waals surface area contributed by atoms with E-state index in [1.807, 2.05) is 0 Å². The number of halogens is 2. The molecule has 8 heteroatoms. The lowest BCUT2D eigenvalue weighted by molar-refractivity contribution is -0.119. The molecule has 5 nitrogen and oxygen atoms in total. The van der Waals surface area contributed by atoms with Crippen LogP contribution in [-0.2, 0) is 21.4 Å². The molecule has 0 spiro atoms. The first kappa shape index (κ1) is 20.8. The number of benzene rings is 3. The Morgan fingerprint density at radius 1 is 0.931 bits per heavy atom. The Labute approximate surface area is 173 Å². The Morgan fingerprint density at radius 3 is 2.17 bits per heavy atom. The lowest BCUT2D eigenvalue weighted by Crippen LogP contribution is -2.40. The minimum Gasteiger partial charge on any atom is -0.350 e. The largest absolute Gasteiger partial charge is 0.350 e. The first-order valence-electron chi connectivity index (χ1n) is 8.71. The highest BCUT2D eigenvalue weighted by atomic mass is 35.5. The maximum atomic E-state index is 13.1. The summed E-state index contributed by atoms with van der Waals surface area (Å²) in [5, 5.41) is 3.11. The number of hydrogen-bond donors (Lipinski definition) is 1. The van der Waals surface area contributed by atoms with Crippen molar-refractivity contribution >= 4 is 33.2 Å². The van der Waals surface area contributed by atoms with Gasteiger partial charge in [-0.2, -0.15) is 0 Å². The van der Waals surface area contributed by atoms with Crippen LogP contribution in [0.25, 0.3) is 0 Å². The molecule has 0 unspecified atom stereocenters. The molecular formula is C21H18ClFN2O3S. The van der Waals surface area contributed by atoms with Gasteiger partial charge in [-0.15, -0.1) is 0 Å². The summed E-state index contributed by atoms with van der Waals surface area (Å²) in [6, 6.07) is 19.7. The fourth-order valence-corrected chi connectivity index (χ4v) is 4.20. The Morgan fingerprint density at radius 2 is 1.55 bits per heavy atom. The third kappa shape index (κ3) is 5.34. The molecule has 0 aliphatic rings. The normalized spacial score (nSPS) is 11.1. The molecule has 0 aliphatic carbocycles. The lowest BCUT2D eigenvalue weighted by atomic mass is 10.2. The standard InChI is InChI=1S/C21H18ClFN2O3S/c22-17-8-12-19(13-9-17)25(29(27,28)20-4-2-1-3-5-20)15-21(26)24-14-16-6-10-18(23)11-7-16/h1-13H,14-15H2,(H,24,26). The molecule has 0 bridgehead atoms. The number of rotatable bonds is 7. The molecule has 0 fully saturated rings. The molecule has 0 aliphatic heterocycles. The van der Waals surface area contributed by atoms with E-state index in [4.69, 9.17) is 11.6 Å². The minimum absolute atomic E-state index is 0.0706. The number of nitrogens with one attached hydrogen (secondary N) is 1. The molecular weight excluding hydrogens is 415 g/mol. The van der Waals surface area contributed by atoms with E-state index >= 15 is 0 Å². The molecule has 0 radical (unpaired) electrons. The van der Waals surface area contributed by atoms with Crippen molar-refractivity contribution in [3.05, 3.63) is 95.3 Å². The third-order valence-corrected chi connectivity index (χ3v) is 6.18. The highest BCUT2D eigenvalue weighted by molar-refractivity contribution is 7.92. The highest BCUT2D eigenvalue weighted by Crippen LogP contribution is 2.25. The average molecular weight is 433 g/mol. The molecule has 3 rings (SSSR count). The van der Waals surface area contributed by atoms with Gasteiger partial charge in [0.1, 0.15) is 12.4 Å². The molecule has 1 amide bonds. The second-order valence-electron chi connectivity index (χ2n) is 6.20. The second-order valence-corrected chi connectivity index (χ2v) is 8.50. The van der Waals surface area contributed by atoms with Crippen molar-refractivity contribution in [2.45, 2.75) is 11.4 Å². The highest BCUT2D eigenvalue weighted by Gasteiger charge is 2.27. The first-order valence-corrected chi connectivity index (χ1v) is 10.5. The molecule has 1 N–H and O–H groups in total. The molecule has 3 aromatic carbocycles. The van der Waals surface area contributed by atoms with Crippen LogP contribution in [0, 0.1) is 5.82 Å². The number of sulfonamides is 1. The predicted molar refractivity (Wildman–Crippen MR) is 111 cm³/mol. The van der Waals surface area contributed by atoms with Gasteiger partial charge in [0, 0.05) is 11.6 Å². The Hall–Kier alpha value is -2.90. The number of hydrogen-bond acceptors (Lipinski definition) is 3. The number of amides is 1. The second kappa shape index (κ2) is 9.07. The van der Waals surface area contributed by atoms with E-state index in [0.29, 0.717) is 16.3 Å². The van der Waals surface area contributed by atoms with Crippen molar-refractivity contribution in [1.29, 1.82) is 0 Å². The maximum Gasteiger partial charge on any atom is 0.264 e. The van der Waals surface area contributed by atoms with E-state index in [9.17, 15) is 17.6 Å². The van der Waals surface area contributed by atoms with Gasteiger partial charge in [0.25, 0.3) is 10.0 Å². The van der Waals surface area contributed by atoms with Crippen molar-refractivity contribution in [3.63, 3.8) is 0 Å². The average Bonchev–Trinajstić information content (AvgIpc) is 2.73. The van der Waals surface area contributed by atoms with Crippen LogP contribution in [0.5, 0.6) is 0 Å². The fraction of sp³-hybridized carbons (Fsp3) is 0.0952. The Bertz CT molecular complexity index is 1070. The van der Waals surface area contributed by atoms with Crippen LogP contribution < -0.4 is 9.62 Å². The molecule has 3 aromatic rings. The van der Waals surface area contributed by atoms with Crippen molar-refractivity contribution < 1.29 is 17.6 Å².